The maximum atomic E-state index is 5.60. The van der Waals surface area contributed by atoms with Crippen LogP contribution in [0.4, 0.5) is 0 Å². The van der Waals surface area contributed by atoms with E-state index < -0.39 is 0 Å². The van der Waals surface area contributed by atoms with Crippen LogP contribution >= 0.6 is 0 Å². The largest absolute Gasteiger partial charge is 0.348 e. The van der Waals surface area contributed by atoms with Gasteiger partial charge >= 0.3 is 0 Å². The summed E-state index contributed by atoms with van der Waals surface area (Å²) in [6.07, 6.45) is 6.14. The molecule has 0 radical (unpaired) electrons. The summed E-state index contributed by atoms with van der Waals surface area (Å²) in [4.78, 5) is 0. The fourth-order valence-electron chi connectivity index (χ4n) is 1.12. The van der Waals surface area contributed by atoms with Crippen molar-refractivity contribution in [3.8, 4) is 0 Å². The van der Waals surface area contributed by atoms with Crippen LogP contribution in [0.1, 0.15) is 19.5 Å². The van der Waals surface area contributed by atoms with Crippen LogP contribution < -0.4 is 5.73 Å². The fourth-order valence-corrected chi connectivity index (χ4v) is 1.12. The number of nitrogens with two attached hydrogens (primary N) is 1. The van der Waals surface area contributed by atoms with Gasteiger partial charge in [-0.05, 0) is 32.1 Å². The molecule has 66 valence electrons. The minimum atomic E-state index is 0.130. The van der Waals surface area contributed by atoms with Gasteiger partial charge in [-0.15, -0.1) is 0 Å². The summed E-state index contributed by atoms with van der Waals surface area (Å²) in [5.74, 6) is 0. The molecule has 2 N–H and O–H groups in total. The Balaban J connectivity index is 2.74. The predicted molar refractivity (Wildman–Crippen MR) is 52.8 cm³/mol. The molecule has 2 nitrogen and oxygen atoms in total. The van der Waals surface area contributed by atoms with Gasteiger partial charge in [0, 0.05) is 24.5 Å². The lowest BCUT2D eigenvalue weighted by atomic mass is 10.3. The molecule has 1 heterocycles. The Morgan fingerprint density at radius 2 is 2.42 bits per heavy atom. The molecule has 0 amide bonds. The molecule has 0 aromatic carbocycles. The molecule has 1 aromatic rings. The van der Waals surface area contributed by atoms with Crippen molar-refractivity contribution in [2.24, 2.45) is 5.73 Å². The summed E-state index contributed by atoms with van der Waals surface area (Å²) in [5.41, 5.74) is 6.82. The first-order valence-electron chi connectivity index (χ1n) is 4.33. The zero-order valence-electron chi connectivity index (χ0n) is 7.70. The van der Waals surface area contributed by atoms with Crippen LogP contribution in [-0.2, 0) is 6.54 Å². The van der Waals surface area contributed by atoms with E-state index in [1.54, 1.807) is 0 Å². The van der Waals surface area contributed by atoms with Crippen LogP contribution in [-0.4, -0.2) is 10.6 Å². The van der Waals surface area contributed by atoms with Crippen LogP contribution in [0.25, 0.3) is 6.08 Å². The van der Waals surface area contributed by atoms with Crippen LogP contribution in [0.2, 0.25) is 0 Å². The van der Waals surface area contributed by atoms with Gasteiger partial charge in [-0.1, -0.05) is 6.08 Å². The molecule has 1 unspecified atom stereocenters. The van der Waals surface area contributed by atoms with Gasteiger partial charge in [0.1, 0.15) is 0 Å². The van der Waals surface area contributed by atoms with Crippen molar-refractivity contribution in [3.05, 3.63) is 30.1 Å². The third-order valence-corrected chi connectivity index (χ3v) is 1.78. The average Bonchev–Trinajstić information content (AvgIpc) is 2.47. The molecule has 0 aliphatic carbocycles. The highest BCUT2D eigenvalue weighted by molar-refractivity contribution is 5.46. The summed E-state index contributed by atoms with van der Waals surface area (Å²) < 4.78 is 2.18. The van der Waals surface area contributed by atoms with Crippen molar-refractivity contribution >= 4 is 6.08 Å². The zero-order valence-corrected chi connectivity index (χ0v) is 7.70. The first-order valence-corrected chi connectivity index (χ1v) is 4.33. The number of aromatic nitrogens is 1. The number of aryl methyl sites for hydroxylation is 1. The van der Waals surface area contributed by atoms with Gasteiger partial charge in [0.15, 0.2) is 0 Å². The molecule has 12 heavy (non-hydrogen) atoms. The lowest BCUT2D eigenvalue weighted by molar-refractivity contribution is 0.761. The van der Waals surface area contributed by atoms with Crippen molar-refractivity contribution in [2.45, 2.75) is 26.4 Å². The second-order valence-corrected chi connectivity index (χ2v) is 2.94. The van der Waals surface area contributed by atoms with E-state index >= 15 is 0 Å². The molecular formula is C10H16N2. The fraction of sp³-hybridized carbons (Fsp3) is 0.400. The summed E-state index contributed by atoms with van der Waals surface area (Å²) in [7, 11) is 0. The maximum Gasteiger partial charge on any atom is 0.0403 e. The van der Waals surface area contributed by atoms with Gasteiger partial charge in [0.2, 0.25) is 0 Å². The van der Waals surface area contributed by atoms with Crippen LogP contribution in [0.15, 0.2) is 24.4 Å². The van der Waals surface area contributed by atoms with E-state index in [0.717, 1.165) is 6.54 Å². The van der Waals surface area contributed by atoms with Gasteiger partial charge < -0.3 is 10.3 Å². The van der Waals surface area contributed by atoms with Crippen molar-refractivity contribution < 1.29 is 0 Å². The molecule has 0 aliphatic rings. The quantitative estimate of drug-likeness (QED) is 0.726. The van der Waals surface area contributed by atoms with Crippen molar-refractivity contribution in [2.75, 3.05) is 0 Å². The molecule has 0 saturated carbocycles. The van der Waals surface area contributed by atoms with Crippen molar-refractivity contribution in [3.63, 3.8) is 0 Å². The molecule has 1 aromatic heterocycles. The third kappa shape index (κ3) is 2.24. The number of nitrogens with zero attached hydrogens (tertiary/aromatic N) is 1. The van der Waals surface area contributed by atoms with E-state index in [-0.39, 0.29) is 6.04 Å². The molecule has 0 saturated heterocycles. The summed E-state index contributed by atoms with van der Waals surface area (Å²) >= 11 is 0. The lowest BCUT2D eigenvalue weighted by Gasteiger charge is -2.01. The molecular weight excluding hydrogens is 148 g/mol. The highest BCUT2D eigenvalue weighted by Crippen LogP contribution is 2.04. The average molecular weight is 164 g/mol. The molecule has 0 bridgehead atoms. The molecule has 0 aliphatic heterocycles. The topological polar surface area (TPSA) is 30.9 Å². The standard InChI is InChI=1S/C10H16N2/c1-3-12-8-4-5-10(12)7-6-9(2)11/h4-9H,3,11H2,1-2H3/b7-6+. The smallest absolute Gasteiger partial charge is 0.0403 e. The van der Waals surface area contributed by atoms with Gasteiger partial charge in [0.25, 0.3) is 0 Å². The van der Waals surface area contributed by atoms with E-state index in [9.17, 15) is 0 Å². The summed E-state index contributed by atoms with van der Waals surface area (Å²) in [6, 6.07) is 4.26. The molecule has 1 atom stereocenters. The number of hydrogen-bond donors (Lipinski definition) is 1. The first-order chi connectivity index (χ1) is 5.74. The van der Waals surface area contributed by atoms with Gasteiger partial charge in [-0.25, -0.2) is 0 Å². The van der Waals surface area contributed by atoms with Crippen molar-refractivity contribution in [1.82, 2.24) is 4.57 Å². The Morgan fingerprint density at radius 3 is 3.00 bits per heavy atom. The van der Waals surface area contributed by atoms with E-state index in [0.29, 0.717) is 0 Å². The Hall–Kier alpha value is -1.02. The summed E-state index contributed by atoms with van der Waals surface area (Å²) in [5, 5.41) is 0. The van der Waals surface area contributed by atoms with Crippen LogP contribution in [0.3, 0.4) is 0 Å². The number of hydrogen-bond acceptors (Lipinski definition) is 1. The van der Waals surface area contributed by atoms with Gasteiger partial charge in [-0.3, -0.25) is 0 Å². The van der Waals surface area contributed by atoms with Crippen LogP contribution in [0, 0.1) is 0 Å². The predicted octanol–water partition coefficient (Wildman–Crippen LogP) is 1.87. The monoisotopic (exact) mass is 164 g/mol. The molecule has 0 spiro atoms. The molecule has 2 heteroatoms. The Bertz CT molecular complexity index is 259. The Labute approximate surface area is 73.7 Å². The highest BCUT2D eigenvalue weighted by Gasteiger charge is 1.93. The van der Waals surface area contributed by atoms with Gasteiger partial charge in [0.05, 0.1) is 0 Å². The van der Waals surface area contributed by atoms with Crippen molar-refractivity contribution in [1.29, 1.82) is 0 Å². The minimum absolute atomic E-state index is 0.130. The highest BCUT2D eigenvalue weighted by atomic mass is 14.9. The Kier molecular flexibility index (Phi) is 3.11. The minimum Gasteiger partial charge on any atom is -0.348 e. The Morgan fingerprint density at radius 1 is 1.67 bits per heavy atom. The second kappa shape index (κ2) is 4.12. The third-order valence-electron chi connectivity index (χ3n) is 1.78. The second-order valence-electron chi connectivity index (χ2n) is 2.94. The van der Waals surface area contributed by atoms with E-state index in [4.69, 9.17) is 5.73 Å². The maximum absolute atomic E-state index is 5.60. The number of rotatable bonds is 3. The lowest BCUT2D eigenvalue weighted by Crippen LogP contribution is -2.10. The van der Waals surface area contributed by atoms with E-state index in [2.05, 4.69) is 29.8 Å². The zero-order chi connectivity index (χ0) is 8.97. The van der Waals surface area contributed by atoms with Crippen LogP contribution in [0.5, 0.6) is 0 Å². The SMILES string of the molecule is CCn1cccc1/C=C/C(C)N. The summed E-state index contributed by atoms with van der Waals surface area (Å²) in [6.45, 7) is 5.10. The van der Waals surface area contributed by atoms with Gasteiger partial charge in [-0.2, -0.15) is 0 Å². The molecule has 1 rings (SSSR count). The molecule has 0 fully saturated rings. The van der Waals surface area contributed by atoms with E-state index in [1.165, 1.54) is 5.69 Å². The normalized spacial score (nSPS) is 13.9. The first kappa shape index (κ1) is 9.07. The van der Waals surface area contributed by atoms with E-state index in [1.807, 2.05) is 19.1 Å².